The zero-order chi connectivity index (χ0) is 45.2. The number of aromatic nitrogens is 2. The summed E-state index contributed by atoms with van der Waals surface area (Å²) in [6.45, 7) is 2.03. The van der Waals surface area contributed by atoms with Crippen LogP contribution in [0.5, 0.6) is 23.0 Å². The summed E-state index contributed by atoms with van der Waals surface area (Å²) in [5.41, 5.74) is 0.930. The van der Waals surface area contributed by atoms with Crippen LogP contribution in [0.3, 0.4) is 0 Å². The minimum atomic E-state index is -1.29. The second kappa shape index (κ2) is 22.6. The van der Waals surface area contributed by atoms with Crippen molar-refractivity contribution < 1.29 is 47.9 Å². The molecule has 0 spiro atoms. The van der Waals surface area contributed by atoms with E-state index in [1.807, 2.05) is 35.0 Å². The van der Waals surface area contributed by atoms with Crippen LogP contribution in [0.2, 0.25) is 10.0 Å². The highest BCUT2D eigenvalue weighted by atomic mass is 128. The van der Waals surface area contributed by atoms with Crippen LogP contribution in [0.1, 0.15) is 55.8 Å². The van der Waals surface area contributed by atoms with Crippen molar-refractivity contribution in [3.05, 3.63) is 135 Å². The molecule has 0 saturated carbocycles. The molecule has 0 saturated heterocycles. The van der Waals surface area contributed by atoms with Crippen molar-refractivity contribution in [2.45, 2.75) is 25.3 Å². The van der Waals surface area contributed by atoms with Crippen molar-refractivity contribution in [1.29, 1.82) is 0 Å². The number of ether oxygens (including phenoxy) is 7. The van der Waals surface area contributed by atoms with Gasteiger partial charge in [-0.05, 0) is 35.0 Å². The first-order valence-electron chi connectivity index (χ1n) is 18.8. The van der Waals surface area contributed by atoms with Crippen molar-refractivity contribution in [3.8, 4) is 45.5 Å². The first kappa shape index (κ1) is 48.3. The van der Waals surface area contributed by atoms with Crippen LogP contribution in [-0.4, -0.2) is 73.9 Å². The molecule has 1 N–H and O–H groups in total. The minimum Gasteiger partial charge on any atom is -0.492 e. The van der Waals surface area contributed by atoms with Crippen molar-refractivity contribution in [1.82, 2.24) is 9.13 Å². The molecule has 0 fully saturated rings. The van der Waals surface area contributed by atoms with Gasteiger partial charge < -0.3 is 47.4 Å². The molecule has 4 aromatic heterocycles. The lowest BCUT2D eigenvalue weighted by atomic mass is 10.1. The number of carboxylic acids is 1. The fourth-order valence-corrected chi connectivity index (χ4v) is 8.54. The summed E-state index contributed by atoms with van der Waals surface area (Å²) in [6, 6.07) is 17.1. The van der Waals surface area contributed by atoms with Gasteiger partial charge in [-0.1, -0.05) is 35.3 Å². The van der Waals surface area contributed by atoms with Crippen LogP contribution in [0.4, 0.5) is 0 Å². The zero-order valence-electron chi connectivity index (χ0n) is 33.6. The van der Waals surface area contributed by atoms with E-state index >= 15 is 0 Å². The van der Waals surface area contributed by atoms with E-state index < -0.39 is 35.3 Å². The fraction of sp³-hybridized carbons (Fsp3) is 0.256. The third-order valence-electron chi connectivity index (χ3n) is 9.47. The van der Waals surface area contributed by atoms with Crippen LogP contribution in [0.15, 0.2) is 93.4 Å². The molecule has 2 aliphatic rings. The second-order valence-corrected chi connectivity index (χ2v) is 16.2. The lowest BCUT2D eigenvalue weighted by Gasteiger charge is -2.31. The van der Waals surface area contributed by atoms with E-state index in [2.05, 4.69) is 37.2 Å². The van der Waals surface area contributed by atoms with Crippen LogP contribution in [-0.2, 0) is 14.2 Å². The van der Waals surface area contributed by atoms with Gasteiger partial charge in [-0.3, -0.25) is 9.59 Å². The Balaban J connectivity index is 0.000000202. The van der Waals surface area contributed by atoms with Gasteiger partial charge in [0.2, 0.25) is 12.5 Å². The Labute approximate surface area is 402 Å². The molecule has 0 radical (unpaired) electrons. The van der Waals surface area contributed by atoms with E-state index in [1.54, 1.807) is 47.6 Å². The Kier molecular flexibility index (Phi) is 17.4. The number of benzene rings is 2. The molecule has 0 amide bonds. The topological polar surface area (TPSA) is 163 Å². The maximum atomic E-state index is 12.6. The molecule has 63 heavy (non-hydrogen) atoms. The molecule has 2 aliphatic heterocycles. The fourth-order valence-electron chi connectivity index (χ4n) is 6.61. The maximum absolute atomic E-state index is 12.6. The number of carboxylic acid groups (broad SMARTS) is 1. The first-order chi connectivity index (χ1) is 30.5. The van der Waals surface area contributed by atoms with E-state index in [4.69, 9.17) is 56.4 Å². The average molecular weight is 1160 g/mol. The number of halogens is 4. The molecule has 0 unspecified atom stereocenters. The molecule has 8 rings (SSSR count). The van der Waals surface area contributed by atoms with Crippen molar-refractivity contribution in [3.63, 3.8) is 0 Å². The van der Waals surface area contributed by atoms with Gasteiger partial charge in [-0.15, -0.1) is 22.7 Å². The van der Waals surface area contributed by atoms with E-state index in [9.17, 15) is 24.3 Å². The predicted octanol–water partition coefficient (Wildman–Crippen LogP) is 10.4. The molecule has 2 aromatic carbocycles. The van der Waals surface area contributed by atoms with Gasteiger partial charge in [0.05, 0.1) is 51.5 Å². The summed E-state index contributed by atoms with van der Waals surface area (Å²) in [4.78, 5) is 50.4. The molecule has 6 heterocycles. The standard InChI is InChI=1S/C22H20ClNO6S.C21H18ClNO6S.I2/c1-27-6-4-7-29-19-11-18-13(9-15(19)23)16-10-17(25)14(22(26)28-2)12-24(16)21(30-18)20-5-3-8-31-20;1-27-5-3-6-28-18-10-17-12(8-14(18)22)15-9-16(24)13(21(25)26)11-23(15)20(29-17)19-4-2-7-30-19;1-2/h3,5,8-12,21H,4,6-7H2,1-2H3;2,4,7-11,20H,3,5-6H2,1H3,(H,25,26);/t21-;20-;/m00./s1. The summed E-state index contributed by atoms with van der Waals surface area (Å²) in [5.74, 6) is 0.00679. The number of pyridine rings is 2. The average Bonchev–Trinajstić information content (AvgIpc) is 4.03. The zero-order valence-corrected chi connectivity index (χ0v) is 41.1. The number of carbonyl (C=O) groups is 2. The number of esters is 1. The van der Waals surface area contributed by atoms with Gasteiger partial charge in [-0.2, -0.15) is 0 Å². The van der Waals surface area contributed by atoms with Crippen molar-refractivity contribution in [2.24, 2.45) is 0 Å². The largest absolute Gasteiger partial charge is 0.492 e. The summed E-state index contributed by atoms with van der Waals surface area (Å²) in [5, 5.41) is 14.0. The molecule has 332 valence electrons. The quantitative estimate of drug-likeness (QED) is 0.0625. The Bertz CT molecular complexity index is 2680. The number of carbonyl (C=O) groups excluding carboxylic acids is 1. The molecule has 6 aromatic rings. The summed E-state index contributed by atoms with van der Waals surface area (Å²) in [7, 11) is 4.50. The van der Waals surface area contributed by atoms with Gasteiger partial charge in [0.25, 0.3) is 0 Å². The van der Waals surface area contributed by atoms with Gasteiger partial charge in [0, 0.05) is 125 Å². The summed E-state index contributed by atoms with van der Waals surface area (Å²) >= 11 is 20.1. The molecule has 14 nitrogen and oxygen atoms in total. The predicted molar refractivity (Wildman–Crippen MR) is 259 cm³/mol. The van der Waals surface area contributed by atoms with Gasteiger partial charge in [0.1, 0.15) is 34.1 Å². The Morgan fingerprint density at radius 2 is 1.14 bits per heavy atom. The number of rotatable bonds is 14. The van der Waals surface area contributed by atoms with Gasteiger partial charge in [-0.25, -0.2) is 9.59 Å². The third-order valence-corrected chi connectivity index (χ3v) is 11.9. The molecule has 2 atom stereocenters. The van der Waals surface area contributed by atoms with Crippen molar-refractivity contribution in [2.75, 3.05) is 47.8 Å². The normalized spacial score (nSPS) is 14.1. The Morgan fingerprint density at radius 1 is 0.698 bits per heavy atom. The minimum absolute atomic E-state index is 0.0657. The molecule has 20 heteroatoms. The third kappa shape index (κ3) is 11.0. The lowest BCUT2D eigenvalue weighted by molar-refractivity contribution is 0.0596. The van der Waals surface area contributed by atoms with Gasteiger partial charge >= 0.3 is 11.9 Å². The molecular weight excluding hydrogens is 1130 g/mol. The van der Waals surface area contributed by atoms with E-state index in [0.717, 1.165) is 16.2 Å². The lowest BCUT2D eigenvalue weighted by Crippen LogP contribution is -2.27. The van der Waals surface area contributed by atoms with Gasteiger partial charge in [0.15, 0.2) is 10.9 Å². The number of methoxy groups -OCH3 is 3. The molecule has 0 bridgehead atoms. The van der Waals surface area contributed by atoms with Crippen molar-refractivity contribution >= 4 is 95.0 Å². The molecular formula is C43H38Cl2I2N2O12S2. The highest BCUT2D eigenvalue weighted by Gasteiger charge is 2.32. The maximum Gasteiger partial charge on any atom is 0.343 e. The smallest absolute Gasteiger partial charge is 0.343 e. The number of thiophene rings is 2. The highest BCUT2D eigenvalue weighted by molar-refractivity contribution is 15.0. The number of aromatic carboxylic acids is 1. The van der Waals surface area contributed by atoms with E-state index in [1.165, 1.54) is 54.3 Å². The van der Waals surface area contributed by atoms with Crippen LogP contribution < -0.4 is 29.8 Å². The monoisotopic (exact) mass is 1160 g/mol. The Hall–Kier alpha value is -4.16. The van der Waals surface area contributed by atoms with E-state index in [0.29, 0.717) is 88.4 Å². The molecule has 0 aliphatic carbocycles. The summed E-state index contributed by atoms with van der Waals surface area (Å²) in [6.07, 6.45) is 3.04. The Morgan fingerprint density at radius 3 is 1.54 bits per heavy atom. The SMILES string of the molecule is COCCCOc1cc2c(cc1Cl)-c1cc(=O)c(C(=O)O)cn1[C@H](c1cccs1)O2.COCCCOc1cc2c(cc1Cl)-c1cc(=O)c(C(=O)OC)cn1[C@H](c1cccs1)O2.II. The van der Waals surface area contributed by atoms with Crippen LogP contribution in [0.25, 0.3) is 22.5 Å². The van der Waals surface area contributed by atoms with E-state index in [-0.39, 0.29) is 11.1 Å². The van der Waals surface area contributed by atoms with Crippen LogP contribution >= 0.6 is 83.1 Å². The number of hydrogen-bond acceptors (Lipinski definition) is 13. The number of hydrogen-bond donors (Lipinski definition) is 1. The van der Waals surface area contributed by atoms with Crippen LogP contribution in [0, 0.1) is 0 Å². The first-order valence-corrected chi connectivity index (χ1v) is 27.6. The second-order valence-electron chi connectivity index (χ2n) is 13.4. The highest BCUT2D eigenvalue weighted by Crippen LogP contribution is 2.47. The summed E-state index contributed by atoms with van der Waals surface area (Å²) < 4.78 is 42.3. The number of nitrogens with zero attached hydrogens (tertiary/aromatic N) is 2. The number of fused-ring (bicyclic) bond motifs is 6.